The topological polar surface area (TPSA) is 50.7 Å². The Morgan fingerprint density at radius 3 is 2.80 bits per heavy atom. The zero-order valence-electron chi connectivity index (χ0n) is 14.3. The second kappa shape index (κ2) is 9.33. The largest absolute Gasteiger partial charge is 0.483 e. The van der Waals surface area contributed by atoms with Gasteiger partial charge in [-0.25, -0.2) is 5.43 Å². The molecule has 2 aromatic rings. The minimum absolute atomic E-state index is 0.0789. The Hall–Kier alpha value is -1.41. The van der Waals surface area contributed by atoms with Gasteiger partial charge >= 0.3 is 0 Å². The smallest absolute Gasteiger partial charge is 0.277 e. The average Bonchev–Trinajstić information content (AvgIpc) is 2.55. The second-order valence-electron chi connectivity index (χ2n) is 5.93. The number of carbonyl (C=O) groups excluding carboxylic acids is 1. The number of rotatable bonds is 6. The third-order valence-corrected chi connectivity index (χ3v) is 5.05. The molecule has 1 N–H and O–H groups in total. The van der Waals surface area contributed by atoms with Crippen molar-refractivity contribution in [2.75, 3.05) is 6.61 Å². The highest BCUT2D eigenvalue weighted by Gasteiger charge is 2.12. The van der Waals surface area contributed by atoms with E-state index >= 15 is 0 Å². The Morgan fingerprint density at radius 2 is 2.12 bits per heavy atom. The van der Waals surface area contributed by atoms with E-state index in [2.05, 4.69) is 62.9 Å². The van der Waals surface area contributed by atoms with Gasteiger partial charge in [-0.15, -0.1) is 0 Å². The number of benzene rings is 2. The van der Waals surface area contributed by atoms with Crippen LogP contribution in [-0.2, 0) is 4.79 Å². The van der Waals surface area contributed by atoms with Gasteiger partial charge in [0.1, 0.15) is 5.75 Å². The van der Waals surface area contributed by atoms with Crippen LogP contribution in [0.3, 0.4) is 0 Å². The van der Waals surface area contributed by atoms with Crippen LogP contribution in [0.1, 0.15) is 36.5 Å². The number of nitrogens with one attached hydrogen (secondary N) is 1. The van der Waals surface area contributed by atoms with Gasteiger partial charge in [-0.1, -0.05) is 41.9 Å². The van der Waals surface area contributed by atoms with Crippen LogP contribution in [0.2, 0.25) is 0 Å². The maximum Gasteiger partial charge on any atom is 0.277 e. The summed E-state index contributed by atoms with van der Waals surface area (Å²) in [6.45, 7) is 6.10. The normalized spacial score (nSPS) is 11.1. The molecule has 0 unspecified atom stereocenters. The fourth-order valence-electron chi connectivity index (χ4n) is 2.19. The van der Waals surface area contributed by atoms with Gasteiger partial charge in [-0.2, -0.15) is 5.10 Å². The first-order valence-corrected chi connectivity index (χ1v) is 9.74. The van der Waals surface area contributed by atoms with E-state index in [1.807, 2.05) is 43.3 Å². The molecule has 132 valence electrons. The number of aryl methyl sites for hydroxylation is 1. The molecule has 0 spiro atoms. The maximum absolute atomic E-state index is 11.9. The van der Waals surface area contributed by atoms with Gasteiger partial charge in [0.2, 0.25) is 0 Å². The lowest BCUT2D eigenvalue weighted by molar-refractivity contribution is -0.123. The lowest BCUT2D eigenvalue weighted by Crippen LogP contribution is -2.25. The maximum atomic E-state index is 11.9. The van der Waals surface area contributed by atoms with E-state index in [4.69, 9.17) is 4.74 Å². The fraction of sp³-hybridized carbons (Fsp3) is 0.263. The zero-order chi connectivity index (χ0) is 18.4. The van der Waals surface area contributed by atoms with Crippen LogP contribution < -0.4 is 10.2 Å². The van der Waals surface area contributed by atoms with E-state index in [-0.39, 0.29) is 12.5 Å². The highest BCUT2D eigenvalue weighted by atomic mass is 127. The number of hydrogen-bond acceptors (Lipinski definition) is 3. The molecule has 0 atom stereocenters. The summed E-state index contributed by atoms with van der Waals surface area (Å²) in [5.41, 5.74) is 5.55. The summed E-state index contributed by atoms with van der Waals surface area (Å²) in [7, 11) is 0. The molecule has 6 heteroatoms. The summed E-state index contributed by atoms with van der Waals surface area (Å²) < 4.78 is 7.86. The standard InChI is InChI=1S/C19H20BrIN2O2/c1-12(2)16-9-17(20)13(3)7-18(16)25-11-19(24)23-22-10-14-5-4-6-15(21)8-14/h4-10,12H,11H2,1-3H3,(H,23,24). The van der Waals surface area contributed by atoms with Gasteiger partial charge in [0.25, 0.3) is 5.91 Å². The number of hydrazone groups is 1. The number of carbonyl (C=O) groups is 1. The Labute approximate surface area is 170 Å². The van der Waals surface area contributed by atoms with Gasteiger partial charge in [0.05, 0.1) is 6.21 Å². The number of hydrogen-bond donors (Lipinski definition) is 1. The van der Waals surface area contributed by atoms with Crippen LogP contribution in [0.15, 0.2) is 46.0 Å². The van der Waals surface area contributed by atoms with E-state index in [1.165, 1.54) is 0 Å². The van der Waals surface area contributed by atoms with Gasteiger partial charge < -0.3 is 4.74 Å². The third-order valence-electron chi connectivity index (χ3n) is 3.52. The first kappa shape index (κ1) is 19.9. The lowest BCUT2D eigenvalue weighted by Gasteiger charge is -2.15. The van der Waals surface area contributed by atoms with Gasteiger partial charge in [0.15, 0.2) is 6.61 Å². The minimum atomic E-state index is -0.294. The molecule has 2 rings (SSSR count). The highest BCUT2D eigenvalue weighted by Crippen LogP contribution is 2.32. The second-order valence-corrected chi connectivity index (χ2v) is 8.03. The number of halogens is 2. The summed E-state index contributed by atoms with van der Waals surface area (Å²) in [6.07, 6.45) is 1.61. The van der Waals surface area contributed by atoms with Crippen molar-refractivity contribution in [2.24, 2.45) is 5.10 Å². The van der Waals surface area contributed by atoms with Crippen molar-refractivity contribution in [3.8, 4) is 5.75 Å². The van der Waals surface area contributed by atoms with E-state index in [1.54, 1.807) is 6.21 Å². The molecule has 25 heavy (non-hydrogen) atoms. The zero-order valence-corrected chi connectivity index (χ0v) is 18.1. The molecule has 4 nitrogen and oxygen atoms in total. The molecule has 0 saturated heterocycles. The van der Waals surface area contributed by atoms with E-state index in [0.717, 1.165) is 30.5 Å². The molecule has 0 aliphatic heterocycles. The number of ether oxygens (including phenoxy) is 1. The minimum Gasteiger partial charge on any atom is -0.483 e. The predicted molar refractivity (Wildman–Crippen MR) is 113 cm³/mol. The predicted octanol–water partition coefficient (Wildman–Crippen LogP) is 5.01. The first-order valence-electron chi connectivity index (χ1n) is 7.87. The van der Waals surface area contributed by atoms with Crippen LogP contribution in [0, 0.1) is 10.5 Å². The Bertz CT molecular complexity index is 791. The molecular weight excluding hydrogens is 495 g/mol. The third kappa shape index (κ3) is 6.11. The van der Waals surface area contributed by atoms with Crippen molar-refractivity contribution in [3.05, 3.63) is 61.1 Å². The summed E-state index contributed by atoms with van der Waals surface area (Å²) in [4.78, 5) is 11.9. The highest BCUT2D eigenvalue weighted by molar-refractivity contribution is 14.1. The molecule has 0 saturated carbocycles. The molecule has 0 aliphatic carbocycles. The number of nitrogens with zero attached hydrogens (tertiary/aromatic N) is 1. The van der Waals surface area contributed by atoms with Crippen LogP contribution in [0.25, 0.3) is 0 Å². The Balaban J connectivity index is 1.95. The van der Waals surface area contributed by atoms with E-state index < -0.39 is 0 Å². The van der Waals surface area contributed by atoms with Gasteiger partial charge in [0, 0.05) is 8.04 Å². The molecule has 0 radical (unpaired) electrons. The molecule has 0 bridgehead atoms. The first-order chi connectivity index (χ1) is 11.9. The van der Waals surface area contributed by atoms with Crippen LogP contribution in [-0.4, -0.2) is 18.7 Å². The average molecular weight is 515 g/mol. The van der Waals surface area contributed by atoms with Crippen molar-refractivity contribution < 1.29 is 9.53 Å². The quantitative estimate of drug-likeness (QED) is 0.334. The Kier molecular flexibility index (Phi) is 7.43. The molecule has 0 fully saturated rings. The summed E-state index contributed by atoms with van der Waals surface area (Å²) in [5.74, 6) is 0.734. The molecule has 1 amide bonds. The van der Waals surface area contributed by atoms with Crippen LogP contribution >= 0.6 is 38.5 Å². The van der Waals surface area contributed by atoms with Crippen LogP contribution in [0.4, 0.5) is 0 Å². The Morgan fingerprint density at radius 1 is 1.36 bits per heavy atom. The van der Waals surface area contributed by atoms with Gasteiger partial charge in [-0.3, -0.25) is 4.79 Å². The van der Waals surface area contributed by atoms with Crippen molar-refractivity contribution in [1.82, 2.24) is 5.43 Å². The summed E-state index contributed by atoms with van der Waals surface area (Å²) >= 11 is 5.77. The summed E-state index contributed by atoms with van der Waals surface area (Å²) in [6, 6.07) is 11.8. The fourth-order valence-corrected chi connectivity index (χ4v) is 3.12. The monoisotopic (exact) mass is 514 g/mol. The summed E-state index contributed by atoms with van der Waals surface area (Å²) in [5, 5.41) is 3.97. The van der Waals surface area contributed by atoms with Crippen molar-refractivity contribution in [2.45, 2.75) is 26.7 Å². The van der Waals surface area contributed by atoms with E-state index in [0.29, 0.717) is 5.92 Å². The van der Waals surface area contributed by atoms with Crippen molar-refractivity contribution in [3.63, 3.8) is 0 Å². The SMILES string of the molecule is Cc1cc(OCC(=O)NN=Cc2cccc(I)c2)c(C(C)C)cc1Br. The molecule has 0 aromatic heterocycles. The molecule has 2 aromatic carbocycles. The lowest BCUT2D eigenvalue weighted by atomic mass is 10.0. The molecule has 0 heterocycles. The van der Waals surface area contributed by atoms with Crippen LogP contribution in [0.5, 0.6) is 5.75 Å². The molecular formula is C19H20BrIN2O2. The van der Waals surface area contributed by atoms with Gasteiger partial charge in [-0.05, 0) is 76.4 Å². The van der Waals surface area contributed by atoms with Crippen molar-refractivity contribution in [1.29, 1.82) is 0 Å². The molecule has 0 aliphatic rings. The number of amides is 1. The van der Waals surface area contributed by atoms with Crippen molar-refractivity contribution >= 4 is 50.6 Å². The van der Waals surface area contributed by atoms with E-state index in [9.17, 15) is 4.79 Å².